The molecule has 0 saturated heterocycles. The van der Waals surface area contributed by atoms with Crippen LogP contribution in [0.15, 0.2) is 47.6 Å². The molecule has 0 aliphatic heterocycles. The summed E-state index contributed by atoms with van der Waals surface area (Å²) in [5.74, 6) is 1.68. The molecule has 3 rings (SSSR count). The highest BCUT2D eigenvalue weighted by atomic mass is 35.5. The van der Waals surface area contributed by atoms with Crippen molar-refractivity contribution in [3.8, 4) is 5.69 Å². The monoisotopic (exact) mass is 484 g/mol. The molecule has 2 aromatic carbocycles. The number of thioether (sulfide) groups is 1. The van der Waals surface area contributed by atoms with Crippen molar-refractivity contribution in [3.05, 3.63) is 70.0 Å². The molecule has 2 N–H and O–H groups in total. The molecule has 1 aromatic heterocycles. The Kier molecular flexibility index (Phi) is 9.39. The van der Waals surface area contributed by atoms with Crippen LogP contribution in [0, 0.1) is 13.8 Å². The second-order valence-electron chi connectivity index (χ2n) is 8.64. The Labute approximate surface area is 206 Å². The highest BCUT2D eigenvalue weighted by molar-refractivity contribution is 7.98. The van der Waals surface area contributed by atoms with Gasteiger partial charge in [0.2, 0.25) is 5.91 Å². The molecule has 0 spiro atoms. The maximum atomic E-state index is 11.3. The summed E-state index contributed by atoms with van der Waals surface area (Å²) >= 11 is 8.02. The summed E-state index contributed by atoms with van der Waals surface area (Å²) in [6.07, 6.45) is 5.18. The van der Waals surface area contributed by atoms with Crippen molar-refractivity contribution in [2.24, 2.45) is 5.73 Å². The van der Waals surface area contributed by atoms with E-state index < -0.39 is 0 Å². The zero-order valence-corrected chi connectivity index (χ0v) is 21.3. The van der Waals surface area contributed by atoms with E-state index in [2.05, 4.69) is 53.7 Å². The topological polar surface area (TPSA) is 73.8 Å². The van der Waals surface area contributed by atoms with Crippen LogP contribution in [0.4, 0.5) is 0 Å². The number of benzene rings is 2. The lowest BCUT2D eigenvalue weighted by atomic mass is 9.94. The van der Waals surface area contributed by atoms with E-state index in [4.69, 9.17) is 17.3 Å². The third-order valence-corrected chi connectivity index (χ3v) is 6.86. The zero-order chi connectivity index (χ0) is 23.8. The minimum Gasteiger partial charge on any atom is -0.370 e. The first-order chi connectivity index (χ1) is 15.9. The Morgan fingerprint density at radius 1 is 1.09 bits per heavy atom. The van der Waals surface area contributed by atoms with Gasteiger partial charge in [-0.05, 0) is 56.9 Å². The van der Waals surface area contributed by atoms with E-state index in [-0.39, 0.29) is 11.8 Å². The van der Waals surface area contributed by atoms with Crippen LogP contribution < -0.4 is 5.73 Å². The number of primary amides is 1. The number of unbranched alkanes of at least 4 members (excludes halogenated alkanes) is 1. The van der Waals surface area contributed by atoms with Gasteiger partial charge in [0.05, 0.1) is 5.69 Å². The van der Waals surface area contributed by atoms with E-state index in [1.54, 1.807) is 11.8 Å². The number of nitrogens with zero attached hydrogens (tertiary/aromatic N) is 3. The number of hydrogen-bond donors (Lipinski definition) is 1. The number of aromatic nitrogens is 3. The van der Waals surface area contributed by atoms with Gasteiger partial charge in [-0.1, -0.05) is 78.5 Å². The number of rotatable bonds is 12. The molecule has 7 heteroatoms. The Morgan fingerprint density at radius 2 is 1.82 bits per heavy atom. The van der Waals surface area contributed by atoms with Crippen molar-refractivity contribution < 1.29 is 4.79 Å². The van der Waals surface area contributed by atoms with Gasteiger partial charge < -0.3 is 5.73 Å². The first-order valence-corrected chi connectivity index (χ1v) is 12.9. The Balaban J connectivity index is 1.94. The average Bonchev–Trinajstić information content (AvgIpc) is 3.17. The van der Waals surface area contributed by atoms with E-state index in [1.807, 2.05) is 24.3 Å². The van der Waals surface area contributed by atoms with Crippen LogP contribution in [0.25, 0.3) is 5.69 Å². The molecular formula is C26H33ClN4OS. The van der Waals surface area contributed by atoms with Gasteiger partial charge >= 0.3 is 0 Å². The van der Waals surface area contributed by atoms with Crippen LogP contribution >= 0.6 is 23.4 Å². The van der Waals surface area contributed by atoms with Crippen molar-refractivity contribution in [2.75, 3.05) is 0 Å². The number of amides is 1. The molecule has 1 heterocycles. The standard InChI is InChI=1S/C26H33ClN4OS/c1-4-5-8-21(9-6-12-24(28)32)25-29-30-26(31(25)23-11-7-10-22(27)16-23)33-17-20-14-18(2)13-19(3)15-20/h7,10-11,13-16,21H,4-6,8-9,12,17H2,1-3H3,(H2,28,32). The molecule has 1 atom stereocenters. The zero-order valence-electron chi connectivity index (χ0n) is 19.7. The smallest absolute Gasteiger partial charge is 0.217 e. The number of nitrogens with two attached hydrogens (primary N) is 1. The number of carbonyl (C=O) groups is 1. The molecule has 3 aromatic rings. The van der Waals surface area contributed by atoms with Crippen LogP contribution in [0.2, 0.25) is 5.02 Å². The Bertz CT molecular complexity index is 1060. The predicted octanol–water partition coefficient (Wildman–Crippen LogP) is 6.76. The lowest BCUT2D eigenvalue weighted by Gasteiger charge is -2.18. The molecule has 176 valence electrons. The molecule has 5 nitrogen and oxygen atoms in total. The molecule has 1 amide bonds. The van der Waals surface area contributed by atoms with Gasteiger partial charge in [-0.3, -0.25) is 9.36 Å². The van der Waals surface area contributed by atoms with E-state index in [9.17, 15) is 4.79 Å². The minimum absolute atomic E-state index is 0.200. The summed E-state index contributed by atoms with van der Waals surface area (Å²) < 4.78 is 2.14. The summed E-state index contributed by atoms with van der Waals surface area (Å²) in [7, 11) is 0. The third kappa shape index (κ3) is 7.34. The van der Waals surface area contributed by atoms with Crippen molar-refractivity contribution in [2.45, 2.75) is 76.1 Å². The van der Waals surface area contributed by atoms with Crippen LogP contribution in [-0.4, -0.2) is 20.7 Å². The predicted molar refractivity (Wildman–Crippen MR) is 137 cm³/mol. The summed E-state index contributed by atoms with van der Waals surface area (Å²) in [4.78, 5) is 11.3. The highest BCUT2D eigenvalue weighted by Gasteiger charge is 2.23. The first-order valence-electron chi connectivity index (χ1n) is 11.6. The van der Waals surface area contributed by atoms with Gasteiger partial charge in [-0.15, -0.1) is 10.2 Å². The Hall–Kier alpha value is -2.31. The van der Waals surface area contributed by atoms with Gasteiger partial charge in [-0.2, -0.15) is 0 Å². The van der Waals surface area contributed by atoms with E-state index in [0.717, 1.165) is 54.5 Å². The number of carbonyl (C=O) groups excluding carboxylic acids is 1. The van der Waals surface area contributed by atoms with Crippen molar-refractivity contribution in [3.63, 3.8) is 0 Å². The minimum atomic E-state index is -0.259. The third-order valence-electron chi connectivity index (χ3n) is 5.62. The van der Waals surface area contributed by atoms with Gasteiger partial charge in [0.1, 0.15) is 5.82 Å². The Morgan fingerprint density at radius 3 is 2.48 bits per heavy atom. The fourth-order valence-corrected chi connectivity index (χ4v) is 5.25. The lowest BCUT2D eigenvalue weighted by molar-refractivity contribution is -0.118. The number of hydrogen-bond acceptors (Lipinski definition) is 4. The molecule has 0 aliphatic carbocycles. The van der Waals surface area contributed by atoms with Crippen molar-refractivity contribution >= 4 is 29.3 Å². The van der Waals surface area contributed by atoms with E-state index in [1.165, 1.54) is 16.7 Å². The quantitative estimate of drug-likeness (QED) is 0.288. The van der Waals surface area contributed by atoms with Crippen LogP contribution in [0.3, 0.4) is 0 Å². The average molecular weight is 485 g/mol. The normalized spacial score (nSPS) is 12.1. The van der Waals surface area contributed by atoms with Crippen molar-refractivity contribution in [1.82, 2.24) is 14.8 Å². The fourth-order valence-electron chi connectivity index (χ4n) is 4.17. The summed E-state index contributed by atoms with van der Waals surface area (Å²) in [5, 5.41) is 10.8. The number of halogens is 1. The van der Waals surface area contributed by atoms with Gasteiger partial charge in [0, 0.05) is 23.1 Å². The molecular weight excluding hydrogens is 452 g/mol. The second kappa shape index (κ2) is 12.2. The molecule has 0 radical (unpaired) electrons. The molecule has 33 heavy (non-hydrogen) atoms. The molecule has 0 saturated carbocycles. The van der Waals surface area contributed by atoms with E-state index in [0.29, 0.717) is 11.4 Å². The molecule has 0 bridgehead atoms. The van der Waals surface area contributed by atoms with Crippen LogP contribution in [0.5, 0.6) is 0 Å². The second-order valence-corrected chi connectivity index (χ2v) is 10.0. The maximum absolute atomic E-state index is 11.3. The van der Waals surface area contributed by atoms with Crippen molar-refractivity contribution in [1.29, 1.82) is 0 Å². The fraction of sp³-hybridized carbons (Fsp3) is 0.423. The summed E-state index contributed by atoms with van der Waals surface area (Å²) in [5.41, 5.74) is 10.1. The summed E-state index contributed by atoms with van der Waals surface area (Å²) in [6.45, 7) is 6.43. The van der Waals surface area contributed by atoms with Gasteiger partial charge in [0.15, 0.2) is 5.16 Å². The maximum Gasteiger partial charge on any atom is 0.217 e. The van der Waals surface area contributed by atoms with Gasteiger partial charge in [0.25, 0.3) is 0 Å². The largest absolute Gasteiger partial charge is 0.370 e. The SMILES string of the molecule is CCCCC(CCCC(N)=O)c1nnc(SCc2cc(C)cc(C)c2)n1-c1cccc(Cl)c1. The first kappa shape index (κ1) is 25.3. The highest BCUT2D eigenvalue weighted by Crippen LogP contribution is 2.33. The molecule has 0 fully saturated rings. The summed E-state index contributed by atoms with van der Waals surface area (Å²) in [6, 6.07) is 14.4. The van der Waals surface area contributed by atoms with Crippen LogP contribution in [-0.2, 0) is 10.5 Å². The lowest BCUT2D eigenvalue weighted by Crippen LogP contribution is -2.13. The van der Waals surface area contributed by atoms with E-state index >= 15 is 0 Å². The van der Waals surface area contributed by atoms with Crippen LogP contribution in [0.1, 0.15) is 73.9 Å². The number of aryl methyl sites for hydroxylation is 2. The van der Waals surface area contributed by atoms with Gasteiger partial charge in [-0.25, -0.2) is 0 Å². The molecule has 0 aliphatic rings. The molecule has 1 unspecified atom stereocenters.